The molecular weight excluding hydrogens is 214 g/mol. The molecule has 100 valence electrons. The predicted molar refractivity (Wildman–Crippen MR) is 70.4 cm³/mol. The molecule has 2 fully saturated rings. The Morgan fingerprint density at radius 1 is 1.18 bits per heavy atom. The lowest BCUT2D eigenvalue weighted by atomic mass is 10.2. The Morgan fingerprint density at radius 2 is 2.12 bits per heavy atom. The Kier molecular flexibility index (Phi) is 5.71. The van der Waals surface area contributed by atoms with Crippen LogP contribution in [0.4, 0.5) is 0 Å². The van der Waals surface area contributed by atoms with Crippen molar-refractivity contribution in [3.8, 4) is 0 Å². The number of ether oxygens (including phenoxy) is 1. The Hall–Kier alpha value is -0.160. The van der Waals surface area contributed by atoms with Crippen LogP contribution >= 0.6 is 0 Å². The van der Waals surface area contributed by atoms with E-state index < -0.39 is 0 Å². The fraction of sp³-hybridized carbons (Fsp3) is 1.00. The Morgan fingerprint density at radius 3 is 3.00 bits per heavy atom. The van der Waals surface area contributed by atoms with Gasteiger partial charge in [0.2, 0.25) is 0 Å². The summed E-state index contributed by atoms with van der Waals surface area (Å²) in [5.41, 5.74) is 0. The molecule has 0 spiro atoms. The zero-order chi connectivity index (χ0) is 11.9. The second-order valence-electron chi connectivity index (χ2n) is 5.12. The number of hydrogen-bond donors (Lipinski definition) is 1. The Bertz CT molecular complexity index is 205. The van der Waals surface area contributed by atoms with Crippen LogP contribution in [-0.2, 0) is 4.74 Å². The van der Waals surface area contributed by atoms with Crippen LogP contribution in [0, 0.1) is 0 Å². The fourth-order valence-corrected chi connectivity index (χ4v) is 2.75. The number of morpholine rings is 1. The van der Waals surface area contributed by atoms with Crippen LogP contribution < -0.4 is 5.32 Å². The molecule has 0 aromatic rings. The summed E-state index contributed by atoms with van der Waals surface area (Å²) < 4.78 is 5.55. The summed E-state index contributed by atoms with van der Waals surface area (Å²) in [6.07, 6.45) is 2.50. The maximum Gasteiger partial charge on any atom is 0.0622 e. The first-order valence-electron chi connectivity index (χ1n) is 7.15. The number of rotatable bonds is 4. The first-order chi connectivity index (χ1) is 8.40. The SMILES string of the molecule is CCC1COCCN1CCN1CCCNCC1. The predicted octanol–water partition coefficient (Wildman–Crippen LogP) is 0.393. The number of nitrogens with one attached hydrogen (secondary N) is 1. The third-order valence-electron chi connectivity index (χ3n) is 3.96. The molecule has 0 saturated carbocycles. The van der Waals surface area contributed by atoms with E-state index in [1.54, 1.807) is 0 Å². The van der Waals surface area contributed by atoms with E-state index in [2.05, 4.69) is 22.0 Å². The molecule has 1 atom stereocenters. The van der Waals surface area contributed by atoms with E-state index in [1.165, 1.54) is 45.6 Å². The van der Waals surface area contributed by atoms with Crippen molar-refractivity contribution < 1.29 is 4.74 Å². The van der Waals surface area contributed by atoms with Crippen molar-refractivity contribution in [1.29, 1.82) is 0 Å². The highest BCUT2D eigenvalue weighted by Crippen LogP contribution is 2.10. The number of nitrogens with zero attached hydrogens (tertiary/aromatic N) is 2. The van der Waals surface area contributed by atoms with Gasteiger partial charge in [-0.2, -0.15) is 0 Å². The van der Waals surface area contributed by atoms with Gasteiger partial charge in [-0.1, -0.05) is 6.92 Å². The van der Waals surface area contributed by atoms with Crippen molar-refractivity contribution in [1.82, 2.24) is 15.1 Å². The smallest absolute Gasteiger partial charge is 0.0622 e. The van der Waals surface area contributed by atoms with Crippen molar-refractivity contribution in [3.63, 3.8) is 0 Å². The molecule has 4 heteroatoms. The largest absolute Gasteiger partial charge is 0.378 e. The van der Waals surface area contributed by atoms with Crippen molar-refractivity contribution in [3.05, 3.63) is 0 Å². The standard InChI is InChI=1S/C13H27N3O/c1-2-13-12-17-11-10-16(13)9-8-15-6-3-4-14-5-7-15/h13-14H,2-12H2,1H3. The van der Waals surface area contributed by atoms with Crippen LogP contribution in [0.3, 0.4) is 0 Å². The summed E-state index contributed by atoms with van der Waals surface area (Å²) in [7, 11) is 0. The fourth-order valence-electron chi connectivity index (χ4n) is 2.75. The highest BCUT2D eigenvalue weighted by atomic mass is 16.5. The molecule has 0 amide bonds. The van der Waals surface area contributed by atoms with Gasteiger partial charge in [-0.25, -0.2) is 0 Å². The van der Waals surface area contributed by atoms with E-state index in [-0.39, 0.29) is 0 Å². The second-order valence-corrected chi connectivity index (χ2v) is 5.12. The molecule has 2 heterocycles. The lowest BCUT2D eigenvalue weighted by Crippen LogP contribution is -2.48. The molecular formula is C13H27N3O. The van der Waals surface area contributed by atoms with Gasteiger partial charge in [0.25, 0.3) is 0 Å². The average Bonchev–Trinajstić information content (AvgIpc) is 2.65. The van der Waals surface area contributed by atoms with Gasteiger partial charge in [-0.15, -0.1) is 0 Å². The van der Waals surface area contributed by atoms with E-state index in [1.807, 2.05) is 0 Å². The van der Waals surface area contributed by atoms with Crippen molar-refractivity contribution in [2.45, 2.75) is 25.8 Å². The average molecular weight is 241 g/mol. The van der Waals surface area contributed by atoms with Crippen LogP contribution in [0.2, 0.25) is 0 Å². The van der Waals surface area contributed by atoms with Gasteiger partial charge in [-0.05, 0) is 25.9 Å². The maximum atomic E-state index is 5.55. The van der Waals surface area contributed by atoms with Gasteiger partial charge < -0.3 is 15.0 Å². The summed E-state index contributed by atoms with van der Waals surface area (Å²) in [4.78, 5) is 5.21. The van der Waals surface area contributed by atoms with Crippen LogP contribution in [0.1, 0.15) is 19.8 Å². The van der Waals surface area contributed by atoms with E-state index in [9.17, 15) is 0 Å². The summed E-state index contributed by atoms with van der Waals surface area (Å²) in [5, 5.41) is 3.46. The normalized spacial score (nSPS) is 29.1. The van der Waals surface area contributed by atoms with Gasteiger partial charge in [-0.3, -0.25) is 4.90 Å². The van der Waals surface area contributed by atoms with Crippen LogP contribution in [0.5, 0.6) is 0 Å². The molecule has 0 bridgehead atoms. The van der Waals surface area contributed by atoms with E-state index in [0.717, 1.165) is 26.3 Å². The molecule has 1 N–H and O–H groups in total. The van der Waals surface area contributed by atoms with E-state index in [0.29, 0.717) is 6.04 Å². The molecule has 0 radical (unpaired) electrons. The van der Waals surface area contributed by atoms with Gasteiger partial charge >= 0.3 is 0 Å². The monoisotopic (exact) mass is 241 g/mol. The summed E-state index contributed by atoms with van der Waals surface area (Å²) in [5.74, 6) is 0. The molecule has 1 unspecified atom stereocenters. The van der Waals surface area contributed by atoms with Gasteiger partial charge in [0.05, 0.1) is 13.2 Å². The van der Waals surface area contributed by atoms with Crippen molar-refractivity contribution >= 4 is 0 Å². The third kappa shape index (κ3) is 4.21. The van der Waals surface area contributed by atoms with Crippen molar-refractivity contribution in [2.24, 2.45) is 0 Å². The summed E-state index contributed by atoms with van der Waals surface area (Å²) >= 11 is 0. The van der Waals surface area contributed by atoms with Gasteiger partial charge in [0, 0.05) is 38.8 Å². The minimum Gasteiger partial charge on any atom is -0.378 e. The third-order valence-corrected chi connectivity index (χ3v) is 3.96. The lowest BCUT2D eigenvalue weighted by Gasteiger charge is -2.36. The second kappa shape index (κ2) is 7.31. The zero-order valence-electron chi connectivity index (χ0n) is 11.2. The Labute approximate surface area is 105 Å². The molecule has 4 nitrogen and oxygen atoms in total. The molecule has 2 aliphatic heterocycles. The molecule has 2 rings (SSSR count). The first-order valence-corrected chi connectivity index (χ1v) is 7.15. The minimum absolute atomic E-state index is 0.647. The van der Waals surface area contributed by atoms with Crippen LogP contribution in [-0.4, -0.2) is 74.9 Å². The van der Waals surface area contributed by atoms with Crippen LogP contribution in [0.25, 0.3) is 0 Å². The van der Waals surface area contributed by atoms with Crippen molar-refractivity contribution in [2.75, 3.05) is 59.0 Å². The first kappa shape index (κ1) is 13.3. The molecule has 17 heavy (non-hydrogen) atoms. The van der Waals surface area contributed by atoms with E-state index >= 15 is 0 Å². The lowest BCUT2D eigenvalue weighted by molar-refractivity contribution is -0.0119. The topological polar surface area (TPSA) is 27.7 Å². The maximum absolute atomic E-state index is 5.55. The molecule has 0 aromatic carbocycles. The van der Waals surface area contributed by atoms with Gasteiger partial charge in [0.1, 0.15) is 0 Å². The highest BCUT2D eigenvalue weighted by Gasteiger charge is 2.21. The molecule has 2 saturated heterocycles. The van der Waals surface area contributed by atoms with Crippen LogP contribution in [0.15, 0.2) is 0 Å². The van der Waals surface area contributed by atoms with Gasteiger partial charge in [0.15, 0.2) is 0 Å². The molecule has 2 aliphatic rings. The summed E-state index contributed by atoms with van der Waals surface area (Å²) in [6, 6.07) is 0.647. The Balaban J connectivity index is 1.71. The minimum atomic E-state index is 0.647. The van der Waals surface area contributed by atoms with E-state index in [4.69, 9.17) is 4.74 Å². The number of hydrogen-bond acceptors (Lipinski definition) is 4. The highest BCUT2D eigenvalue weighted by molar-refractivity contribution is 4.76. The zero-order valence-corrected chi connectivity index (χ0v) is 11.2. The summed E-state index contributed by atoms with van der Waals surface area (Å²) in [6.45, 7) is 12.5. The molecule has 0 aliphatic carbocycles. The quantitative estimate of drug-likeness (QED) is 0.771. The molecule has 0 aromatic heterocycles.